The Morgan fingerprint density at radius 1 is 1.10 bits per heavy atom. The maximum atomic E-state index is 12.8. The van der Waals surface area contributed by atoms with E-state index in [1.54, 1.807) is 4.52 Å². The number of fused-ring (bicyclic) bond motifs is 2. The van der Waals surface area contributed by atoms with E-state index in [0.29, 0.717) is 22.8 Å². The normalized spacial score (nSPS) is 16.1. The second kappa shape index (κ2) is 6.81. The predicted octanol–water partition coefficient (Wildman–Crippen LogP) is 3.93. The third-order valence-electron chi connectivity index (χ3n) is 5.99. The summed E-state index contributed by atoms with van der Waals surface area (Å²) >= 11 is 0. The maximum Gasteiger partial charge on any atom is 0.345 e. The van der Waals surface area contributed by atoms with Crippen molar-refractivity contribution in [2.75, 3.05) is 20.1 Å². The Morgan fingerprint density at radius 3 is 2.69 bits per heavy atom. The van der Waals surface area contributed by atoms with Gasteiger partial charge in [0.25, 0.3) is 0 Å². The van der Waals surface area contributed by atoms with Crippen LogP contribution in [0.5, 0.6) is 0 Å². The quantitative estimate of drug-likeness (QED) is 0.487. The van der Waals surface area contributed by atoms with Gasteiger partial charge in [-0.2, -0.15) is 5.10 Å². The smallest absolute Gasteiger partial charge is 0.345 e. The third-order valence-corrected chi connectivity index (χ3v) is 5.99. The first-order valence-electron chi connectivity index (χ1n) is 10.1. The zero-order valence-electron chi connectivity index (χ0n) is 17.0. The summed E-state index contributed by atoms with van der Waals surface area (Å²) in [6, 6.07) is 10.0. The summed E-state index contributed by atoms with van der Waals surface area (Å²) in [4.78, 5) is 19.6. The molecule has 0 N–H and O–H groups in total. The van der Waals surface area contributed by atoms with E-state index >= 15 is 0 Å². The topological polar surface area (TPSA) is 63.6 Å². The number of aryl methyl sites for hydroxylation is 2. The molecule has 0 atom stereocenters. The van der Waals surface area contributed by atoms with Crippen molar-refractivity contribution in [3.8, 4) is 11.3 Å². The molecule has 3 aromatic heterocycles. The van der Waals surface area contributed by atoms with Gasteiger partial charge < -0.3 is 9.32 Å². The van der Waals surface area contributed by atoms with Gasteiger partial charge in [-0.05, 0) is 76.5 Å². The summed E-state index contributed by atoms with van der Waals surface area (Å²) in [7, 11) is 2.16. The largest absolute Gasteiger partial charge is 0.422 e. The van der Waals surface area contributed by atoms with Gasteiger partial charge in [-0.3, -0.25) is 4.98 Å². The first kappa shape index (κ1) is 18.1. The highest BCUT2D eigenvalue weighted by Gasteiger charge is 2.19. The molecule has 1 fully saturated rings. The zero-order valence-corrected chi connectivity index (χ0v) is 17.0. The number of nitrogens with zero attached hydrogens (tertiary/aromatic N) is 4. The van der Waals surface area contributed by atoms with E-state index in [2.05, 4.69) is 34.2 Å². The highest BCUT2D eigenvalue weighted by Crippen LogP contribution is 2.30. The molecule has 29 heavy (non-hydrogen) atoms. The fourth-order valence-electron chi connectivity index (χ4n) is 4.32. The monoisotopic (exact) mass is 388 g/mol. The van der Waals surface area contributed by atoms with E-state index in [1.807, 2.05) is 38.2 Å². The molecule has 0 unspecified atom stereocenters. The van der Waals surface area contributed by atoms with Crippen LogP contribution in [-0.2, 0) is 0 Å². The second-order valence-corrected chi connectivity index (χ2v) is 8.15. The molecule has 0 bridgehead atoms. The standard InChI is InChI=1S/C23H24N4O2/c1-14-13-27-21(15(2)24-14)12-20(25-27)19-10-18-5-4-17(11-22(18)29-23(19)28)16-6-8-26(3)9-7-16/h4-5,10-13,16H,6-9H2,1-3H3. The summed E-state index contributed by atoms with van der Waals surface area (Å²) in [5, 5.41) is 5.50. The summed E-state index contributed by atoms with van der Waals surface area (Å²) in [5.41, 5.74) is 5.29. The van der Waals surface area contributed by atoms with Gasteiger partial charge in [0.05, 0.1) is 28.7 Å². The molecule has 1 aromatic carbocycles. The minimum absolute atomic E-state index is 0.358. The Kier molecular flexibility index (Phi) is 4.24. The first-order chi connectivity index (χ1) is 14.0. The highest BCUT2D eigenvalue weighted by molar-refractivity contribution is 5.82. The fourth-order valence-corrected chi connectivity index (χ4v) is 4.32. The van der Waals surface area contributed by atoms with Crippen molar-refractivity contribution in [2.45, 2.75) is 32.6 Å². The molecule has 1 aliphatic rings. The van der Waals surface area contributed by atoms with Crippen LogP contribution < -0.4 is 5.63 Å². The van der Waals surface area contributed by atoms with E-state index in [9.17, 15) is 4.79 Å². The molecule has 4 heterocycles. The van der Waals surface area contributed by atoms with Crippen molar-refractivity contribution in [1.29, 1.82) is 0 Å². The molecule has 0 aliphatic carbocycles. The molecule has 0 spiro atoms. The first-order valence-corrected chi connectivity index (χ1v) is 10.1. The average Bonchev–Trinajstić information content (AvgIpc) is 3.11. The maximum absolute atomic E-state index is 12.8. The molecule has 0 amide bonds. The molecule has 6 nitrogen and oxygen atoms in total. The van der Waals surface area contributed by atoms with Crippen LogP contribution in [0.15, 0.2) is 45.7 Å². The Balaban J connectivity index is 1.56. The van der Waals surface area contributed by atoms with Crippen molar-refractivity contribution < 1.29 is 4.42 Å². The van der Waals surface area contributed by atoms with Crippen molar-refractivity contribution in [3.05, 3.63) is 63.9 Å². The van der Waals surface area contributed by atoms with Crippen LogP contribution in [0.1, 0.15) is 35.7 Å². The lowest BCUT2D eigenvalue weighted by atomic mass is 9.89. The van der Waals surface area contributed by atoms with E-state index < -0.39 is 0 Å². The Labute approximate surface area is 168 Å². The number of likely N-dealkylation sites (tertiary alicyclic amines) is 1. The van der Waals surface area contributed by atoms with Gasteiger partial charge >= 0.3 is 5.63 Å². The van der Waals surface area contributed by atoms with Crippen LogP contribution in [0.2, 0.25) is 0 Å². The second-order valence-electron chi connectivity index (χ2n) is 8.15. The summed E-state index contributed by atoms with van der Waals surface area (Å²) < 4.78 is 7.50. The van der Waals surface area contributed by atoms with Gasteiger partial charge in [-0.25, -0.2) is 9.31 Å². The Hall–Kier alpha value is -2.99. The van der Waals surface area contributed by atoms with Crippen LogP contribution in [0.3, 0.4) is 0 Å². The van der Waals surface area contributed by atoms with Gasteiger partial charge in [0.1, 0.15) is 11.3 Å². The molecule has 5 rings (SSSR count). The summed E-state index contributed by atoms with van der Waals surface area (Å²) in [6.07, 6.45) is 4.14. The van der Waals surface area contributed by atoms with Crippen molar-refractivity contribution >= 4 is 16.5 Å². The number of piperidine rings is 1. The molecule has 0 radical (unpaired) electrons. The molecule has 1 aliphatic heterocycles. The average molecular weight is 388 g/mol. The lowest BCUT2D eigenvalue weighted by Gasteiger charge is -2.29. The van der Waals surface area contributed by atoms with Crippen LogP contribution in [0, 0.1) is 13.8 Å². The molecular formula is C23H24N4O2. The zero-order chi connectivity index (χ0) is 20.1. The van der Waals surface area contributed by atoms with Crippen molar-refractivity contribution in [3.63, 3.8) is 0 Å². The molecule has 1 saturated heterocycles. The number of hydrogen-bond acceptors (Lipinski definition) is 5. The minimum Gasteiger partial charge on any atom is -0.422 e. The van der Waals surface area contributed by atoms with E-state index in [4.69, 9.17) is 4.42 Å². The van der Waals surface area contributed by atoms with Crippen molar-refractivity contribution in [1.82, 2.24) is 19.5 Å². The SMILES string of the molecule is Cc1cn2nc(-c3cc4ccc(C5CCN(C)CC5)cc4oc3=O)cc2c(C)n1. The predicted molar refractivity (Wildman–Crippen MR) is 113 cm³/mol. The molecular weight excluding hydrogens is 364 g/mol. The van der Waals surface area contributed by atoms with Crippen LogP contribution in [0.25, 0.3) is 27.7 Å². The number of benzene rings is 1. The van der Waals surface area contributed by atoms with Crippen LogP contribution in [-0.4, -0.2) is 39.6 Å². The lowest BCUT2D eigenvalue weighted by molar-refractivity contribution is 0.255. The summed E-state index contributed by atoms with van der Waals surface area (Å²) in [5.74, 6) is 0.526. The van der Waals surface area contributed by atoms with E-state index in [1.165, 1.54) is 5.56 Å². The number of aromatic nitrogens is 3. The number of hydrogen-bond donors (Lipinski definition) is 0. The third kappa shape index (κ3) is 3.23. The summed E-state index contributed by atoms with van der Waals surface area (Å²) in [6.45, 7) is 6.09. The molecule has 0 saturated carbocycles. The van der Waals surface area contributed by atoms with Crippen LogP contribution >= 0.6 is 0 Å². The van der Waals surface area contributed by atoms with Gasteiger partial charge in [-0.15, -0.1) is 0 Å². The van der Waals surface area contributed by atoms with Gasteiger partial charge in [0.2, 0.25) is 0 Å². The number of rotatable bonds is 2. The molecule has 148 valence electrons. The van der Waals surface area contributed by atoms with Gasteiger partial charge in [0, 0.05) is 5.39 Å². The molecule has 4 aromatic rings. The van der Waals surface area contributed by atoms with Gasteiger partial charge in [-0.1, -0.05) is 12.1 Å². The van der Waals surface area contributed by atoms with Gasteiger partial charge in [0.15, 0.2) is 0 Å². The lowest BCUT2D eigenvalue weighted by Crippen LogP contribution is -2.29. The Morgan fingerprint density at radius 2 is 1.90 bits per heavy atom. The van der Waals surface area contributed by atoms with Crippen molar-refractivity contribution in [2.24, 2.45) is 0 Å². The Bertz CT molecular complexity index is 1280. The van der Waals surface area contributed by atoms with Crippen LogP contribution in [0.4, 0.5) is 0 Å². The minimum atomic E-state index is -0.358. The van der Waals surface area contributed by atoms with E-state index in [0.717, 1.165) is 48.2 Å². The highest BCUT2D eigenvalue weighted by atomic mass is 16.4. The fraction of sp³-hybridized carbons (Fsp3) is 0.348. The van der Waals surface area contributed by atoms with E-state index in [-0.39, 0.29) is 5.63 Å². The molecule has 6 heteroatoms.